The lowest BCUT2D eigenvalue weighted by Crippen LogP contribution is -2.53. The van der Waals surface area contributed by atoms with Gasteiger partial charge in [0.05, 0.1) is 16.4 Å². The summed E-state index contributed by atoms with van der Waals surface area (Å²) in [4.78, 5) is 39.5. The van der Waals surface area contributed by atoms with Gasteiger partial charge in [-0.05, 0) is 324 Å². The van der Waals surface area contributed by atoms with Crippen LogP contribution in [0.3, 0.4) is 0 Å². The third kappa shape index (κ3) is 38.5. The number of anilines is 7. The van der Waals surface area contributed by atoms with Crippen LogP contribution in [0.25, 0.3) is 5.57 Å². The molecule has 0 N–H and O–H groups in total. The van der Waals surface area contributed by atoms with E-state index in [9.17, 15) is 8.78 Å². The van der Waals surface area contributed by atoms with Gasteiger partial charge in [-0.1, -0.05) is 174 Å². The van der Waals surface area contributed by atoms with Crippen molar-refractivity contribution >= 4 is 57.0 Å². The normalized spacial score (nSPS) is 18.2. The summed E-state index contributed by atoms with van der Waals surface area (Å²) >= 11 is 6.20. The van der Waals surface area contributed by atoms with Crippen molar-refractivity contribution in [3.05, 3.63) is 284 Å². The molecule has 147 heavy (non-hydrogen) atoms. The van der Waals surface area contributed by atoms with Crippen LogP contribution in [0.1, 0.15) is 212 Å². The lowest BCUT2D eigenvalue weighted by Gasteiger charge is -2.43. The van der Waals surface area contributed by atoms with Gasteiger partial charge in [-0.3, -0.25) is 44.1 Å². The van der Waals surface area contributed by atoms with Crippen molar-refractivity contribution in [3.63, 3.8) is 0 Å². The minimum absolute atomic E-state index is 0. The molecule has 18 rings (SSSR count). The molecule has 0 aromatic heterocycles. The Morgan fingerprint density at radius 2 is 0.612 bits per heavy atom. The number of para-hydroxylation sites is 3. The molecule has 9 aromatic carbocycles. The molecule has 9 heterocycles. The Balaban J connectivity index is 0.000000184. The third-order valence-corrected chi connectivity index (χ3v) is 31.5. The summed E-state index contributed by atoms with van der Waals surface area (Å²) in [6.45, 7) is 97.0. The molecular formula is C128H197ClF2N16. The maximum Gasteiger partial charge on any atom is 0.146 e. The SMILES string of the molecule is C.CC(C)N1CCN(c2ccccc2Cl)CC1.CC(C)N1CCN(c2ccccc2F)CC1.Cc1cc(F)cc(N2CCN(C(C)C)CC2C)c1.Cc1ccc(C2=CCN(C(C)C)CC2)cc1.Cc1ccc(N2CCN(C(C)C)CC2)c(C)c1.Cc1ccc(N2CCN(C(C)C)CC2)c(C)c1.Cc1ccc(N2CCN(C(C)C)CC2)cc1.Cc1ccc2c(c1)CCN(C(C)C)C2.Cc1ccccc1N1CCN(C(C)C)CC1. The van der Waals surface area contributed by atoms with E-state index in [1.54, 1.807) is 23.8 Å². The fraction of sp³-hybridized carbons (Fsp3) is 0.562. The van der Waals surface area contributed by atoms with Crippen molar-refractivity contribution in [1.29, 1.82) is 0 Å². The number of aryl methyl sites for hydroxylation is 9. The van der Waals surface area contributed by atoms with Crippen LogP contribution in [0.4, 0.5) is 48.6 Å². The van der Waals surface area contributed by atoms with Crippen molar-refractivity contribution in [2.45, 2.75) is 281 Å². The van der Waals surface area contributed by atoms with Crippen LogP contribution in [0.15, 0.2) is 200 Å². The topological polar surface area (TPSA) is 51.8 Å². The monoisotopic (exact) mass is 2030 g/mol. The molecule has 0 amide bonds. The van der Waals surface area contributed by atoms with E-state index in [-0.39, 0.29) is 19.1 Å². The number of benzene rings is 9. The van der Waals surface area contributed by atoms with Crippen molar-refractivity contribution in [2.75, 3.05) is 231 Å². The Morgan fingerprint density at radius 3 is 1.00 bits per heavy atom. The molecule has 0 bridgehead atoms. The fourth-order valence-corrected chi connectivity index (χ4v) is 21.6. The number of halogens is 3. The first-order chi connectivity index (χ1) is 69.7. The highest BCUT2D eigenvalue weighted by Crippen LogP contribution is 2.33. The van der Waals surface area contributed by atoms with E-state index in [0.29, 0.717) is 60.4 Å². The van der Waals surface area contributed by atoms with Crippen LogP contribution >= 0.6 is 11.6 Å². The largest absolute Gasteiger partial charge is 0.369 e. The molecular weight excluding hydrogens is 1830 g/mol. The highest BCUT2D eigenvalue weighted by molar-refractivity contribution is 6.33. The standard InChI is InChI=1S/C15H23FN2.2C15H24N2.C15H21N.2C14H22N2.C13H19ClN2.C13H19FN2.C13H19N.CH4/c1-11(2)17-5-6-18(13(4)10-17)15-8-12(3)7-14(16)9-15;2*1-12(2)16-7-9-17(10-8-16)15-6-5-13(3)11-14(15)4;1-12(2)16-10-8-15(9-11-16)14-6-4-13(3)5-7-14;1-12(2)15-8-10-16(11-9-15)14-6-4-13(3)5-7-14;1-12(2)15-8-10-16(11-9-15)14-7-5-4-6-13(14)3;2*1-11(2)15-7-9-16(10-8-15)13-6-4-3-5-12(13)14;1-10(2)14-7-6-12-8-11(3)4-5-13(12)9-14;/h7-9,11,13H,5-6,10H2,1-4H3;2*5-6,11-12H,7-10H2,1-4H3;4-8,12H,9-11H2,1-3H3;2*4-7,12H,8-11H2,1-3H3;2*3-6,11H,7-10H2,1-2H3;4-5,8,10H,6-7,9H2,1-3H3;1H4. The minimum atomic E-state index is -0.136. The van der Waals surface area contributed by atoms with Crippen LogP contribution in [-0.2, 0) is 13.0 Å². The van der Waals surface area contributed by atoms with E-state index in [1.807, 2.05) is 31.2 Å². The predicted octanol–water partition coefficient (Wildman–Crippen LogP) is 25.9. The summed E-state index contributed by atoms with van der Waals surface area (Å²) < 4.78 is 27.1. The Labute approximate surface area is 899 Å². The van der Waals surface area contributed by atoms with Crippen LogP contribution in [0.2, 0.25) is 5.02 Å². The Kier molecular flexibility index (Phi) is 50.4. The van der Waals surface area contributed by atoms with Gasteiger partial charge in [0.1, 0.15) is 11.6 Å². The van der Waals surface area contributed by atoms with Gasteiger partial charge in [0.2, 0.25) is 0 Å². The number of rotatable bonds is 17. The number of piperazine rings is 7. The molecule has 9 aromatic rings. The zero-order chi connectivity index (χ0) is 106. The zero-order valence-corrected chi connectivity index (χ0v) is 96.7. The molecule has 7 saturated heterocycles. The molecule has 7 fully saturated rings. The number of nitrogens with zero attached hydrogens (tertiary/aromatic N) is 16. The maximum absolute atomic E-state index is 13.6. The number of hydrogen-bond acceptors (Lipinski definition) is 16. The van der Waals surface area contributed by atoms with E-state index in [2.05, 4.69) is 417 Å². The Morgan fingerprint density at radius 1 is 0.265 bits per heavy atom. The smallest absolute Gasteiger partial charge is 0.146 e. The minimum Gasteiger partial charge on any atom is -0.369 e. The summed E-state index contributed by atoms with van der Waals surface area (Å²) in [5, 5.41) is 0.862. The number of fused-ring (bicyclic) bond motifs is 1. The van der Waals surface area contributed by atoms with E-state index >= 15 is 0 Å². The molecule has 1 atom stereocenters. The first kappa shape index (κ1) is 122. The van der Waals surface area contributed by atoms with Gasteiger partial charge >= 0.3 is 0 Å². The predicted molar refractivity (Wildman–Crippen MR) is 638 cm³/mol. The quantitative estimate of drug-likeness (QED) is 0.0869. The lowest BCUT2D eigenvalue weighted by molar-refractivity contribution is 0.185. The maximum atomic E-state index is 13.6. The third-order valence-electron chi connectivity index (χ3n) is 31.2. The van der Waals surface area contributed by atoms with Crippen molar-refractivity contribution in [1.82, 2.24) is 44.1 Å². The molecule has 0 aliphatic carbocycles. The molecule has 16 nitrogen and oxygen atoms in total. The van der Waals surface area contributed by atoms with E-state index < -0.39 is 0 Å². The summed E-state index contributed by atoms with van der Waals surface area (Å²) in [5.74, 6) is -0.246. The average molecular weight is 2030 g/mol. The summed E-state index contributed by atoms with van der Waals surface area (Å²) in [6.07, 6.45) is 4.78. The average Bonchev–Trinajstić information content (AvgIpc) is 0.811. The molecule has 9 aliphatic rings. The second-order valence-electron chi connectivity index (χ2n) is 44.9. The van der Waals surface area contributed by atoms with Crippen LogP contribution < -0.4 is 34.3 Å². The van der Waals surface area contributed by atoms with Gasteiger partial charge in [0.15, 0.2) is 0 Å². The molecule has 0 spiro atoms. The summed E-state index contributed by atoms with van der Waals surface area (Å²) in [5.41, 5.74) is 26.5. The van der Waals surface area contributed by atoms with Gasteiger partial charge in [0, 0.05) is 292 Å². The first-order valence-corrected chi connectivity index (χ1v) is 56.4. The van der Waals surface area contributed by atoms with Crippen molar-refractivity contribution < 1.29 is 8.78 Å². The van der Waals surface area contributed by atoms with Crippen LogP contribution in [0, 0.1) is 73.9 Å². The van der Waals surface area contributed by atoms with E-state index in [1.165, 1.54) is 174 Å². The van der Waals surface area contributed by atoms with Crippen molar-refractivity contribution in [2.24, 2.45) is 0 Å². The zero-order valence-electron chi connectivity index (χ0n) is 95.9. The van der Waals surface area contributed by atoms with E-state index in [4.69, 9.17) is 11.6 Å². The summed E-state index contributed by atoms with van der Waals surface area (Å²) in [7, 11) is 0. The molecule has 810 valence electrons. The van der Waals surface area contributed by atoms with Gasteiger partial charge < -0.3 is 34.3 Å². The second kappa shape index (κ2) is 61.0. The van der Waals surface area contributed by atoms with Crippen LogP contribution in [-0.4, -0.2) is 301 Å². The van der Waals surface area contributed by atoms with Gasteiger partial charge in [0.25, 0.3) is 0 Å². The van der Waals surface area contributed by atoms with E-state index in [0.717, 1.165) is 159 Å². The van der Waals surface area contributed by atoms with Gasteiger partial charge in [-0.15, -0.1) is 0 Å². The van der Waals surface area contributed by atoms with Crippen molar-refractivity contribution in [3.8, 4) is 0 Å². The Hall–Kier alpha value is -8.89. The number of hydrogen-bond donors (Lipinski definition) is 0. The van der Waals surface area contributed by atoms with Crippen LogP contribution in [0.5, 0.6) is 0 Å². The van der Waals surface area contributed by atoms with Gasteiger partial charge in [-0.25, -0.2) is 8.78 Å². The Bertz CT molecular complexity index is 5030. The molecule has 1 unspecified atom stereocenters. The first-order valence-electron chi connectivity index (χ1n) is 56.0. The second-order valence-corrected chi connectivity index (χ2v) is 45.4. The highest BCUT2D eigenvalue weighted by atomic mass is 35.5. The summed E-state index contributed by atoms with van der Waals surface area (Å²) in [6, 6.07) is 73.6. The molecule has 0 radical (unpaired) electrons. The highest BCUT2D eigenvalue weighted by Gasteiger charge is 2.30. The molecule has 19 heteroatoms. The van der Waals surface area contributed by atoms with Gasteiger partial charge in [-0.2, -0.15) is 0 Å². The molecule has 9 aliphatic heterocycles. The lowest BCUT2D eigenvalue weighted by atomic mass is 9.97. The molecule has 0 saturated carbocycles. The fourth-order valence-electron chi connectivity index (χ4n) is 21.4.